The number of piperazine rings is 1. The van der Waals surface area contributed by atoms with Crippen LogP contribution in [0.4, 0.5) is 0 Å². The lowest BCUT2D eigenvalue weighted by molar-refractivity contribution is -0.144. The van der Waals surface area contributed by atoms with Crippen LogP contribution in [0.1, 0.15) is 67.7 Å². The van der Waals surface area contributed by atoms with Gasteiger partial charge in [0.25, 0.3) is 0 Å². The average Bonchev–Trinajstić information content (AvgIpc) is 2.92. The van der Waals surface area contributed by atoms with E-state index in [2.05, 4.69) is 39.4 Å². The van der Waals surface area contributed by atoms with Gasteiger partial charge in [-0.1, -0.05) is 40.7 Å². The fourth-order valence-corrected chi connectivity index (χ4v) is 5.57. The molecule has 41 heavy (non-hydrogen) atoms. The van der Waals surface area contributed by atoms with E-state index in [1.165, 1.54) is 6.92 Å². The maximum atomic E-state index is 13.1. The number of carboxylic acids is 1. The van der Waals surface area contributed by atoms with Crippen LogP contribution in [0.2, 0.25) is 0 Å². The molecule has 6 N–H and O–H groups in total. The van der Waals surface area contributed by atoms with Crippen molar-refractivity contribution in [3.63, 3.8) is 0 Å². The van der Waals surface area contributed by atoms with Crippen molar-refractivity contribution in [3.8, 4) is 0 Å². The van der Waals surface area contributed by atoms with Gasteiger partial charge >= 0.3 is 5.97 Å². The molecule has 11 nitrogen and oxygen atoms in total. The second kappa shape index (κ2) is 18.3. The number of hydrazine groups is 1. The number of aliphatic carboxylic acids is 1. The average molecular weight is 581 g/mol. The van der Waals surface area contributed by atoms with E-state index in [-0.39, 0.29) is 47.4 Å². The molecule has 2 amide bonds. The van der Waals surface area contributed by atoms with Crippen LogP contribution in [-0.4, -0.2) is 95.9 Å². The van der Waals surface area contributed by atoms with Crippen molar-refractivity contribution in [2.24, 2.45) is 35.4 Å². The first-order valence-electron chi connectivity index (χ1n) is 15.1. The summed E-state index contributed by atoms with van der Waals surface area (Å²) >= 11 is 0. The normalized spacial score (nSPS) is 20.5. The number of nitrogens with two attached hydrogens (primary N) is 1. The summed E-state index contributed by atoms with van der Waals surface area (Å²) in [6.45, 7) is 22.3. The molecule has 1 aliphatic heterocycles. The molecule has 11 heteroatoms. The Kier molecular flexibility index (Phi) is 16.3. The molecule has 1 heterocycles. The molecule has 1 fully saturated rings. The minimum absolute atomic E-state index is 0.00866. The molecule has 0 aliphatic carbocycles. The zero-order valence-electron chi connectivity index (χ0n) is 26.3. The van der Waals surface area contributed by atoms with Crippen LogP contribution in [0.5, 0.6) is 0 Å². The van der Waals surface area contributed by atoms with E-state index in [4.69, 9.17) is 5.84 Å². The van der Waals surface area contributed by atoms with Crippen LogP contribution in [0.25, 0.3) is 0 Å². The second-order valence-electron chi connectivity index (χ2n) is 12.3. The van der Waals surface area contributed by atoms with Crippen molar-refractivity contribution in [1.82, 2.24) is 25.9 Å². The van der Waals surface area contributed by atoms with Gasteiger partial charge in [-0.15, -0.1) is 6.58 Å². The molecule has 0 aromatic carbocycles. The highest BCUT2D eigenvalue weighted by molar-refractivity contribution is 5.85. The van der Waals surface area contributed by atoms with Crippen LogP contribution in [0.3, 0.4) is 0 Å². The lowest BCUT2D eigenvalue weighted by Gasteiger charge is -2.38. The topological polar surface area (TPSA) is 157 Å². The SMILES string of the molecule is C=C[C@@H](NC(=O)C(C)CC(C)N1CCN(CCNN)CC1)C(C)CC(C)C(=O)N[C@H](C(=O)O)C(C)CC(C)C(C)=O. The van der Waals surface area contributed by atoms with Gasteiger partial charge in [0, 0.05) is 69.1 Å². The molecule has 1 aliphatic rings. The highest BCUT2D eigenvalue weighted by Gasteiger charge is 2.31. The lowest BCUT2D eigenvalue weighted by atomic mass is 9.87. The summed E-state index contributed by atoms with van der Waals surface area (Å²) in [6, 6.07) is -1.12. The zero-order valence-corrected chi connectivity index (χ0v) is 26.3. The molecule has 8 atom stereocenters. The molecular weight excluding hydrogens is 524 g/mol. The number of hydrogen-bond donors (Lipinski definition) is 5. The first kappa shape index (κ1) is 36.7. The molecule has 0 radical (unpaired) electrons. The quantitative estimate of drug-likeness (QED) is 0.0870. The number of carboxylic acid groups (broad SMARTS) is 1. The van der Waals surface area contributed by atoms with Crippen molar-refractivity contribution in [2.75, 3.05) is 39.3 Å². The Balaban J connectivity index is 2.61. The number of carbonyl (C=O) groups is 4. The minimum atomic E-state index is -1.12. The number of nitrogens with zero attached hydrogens (tertiary/aromatic N) is 2. The molecule has 6 unspecified atom stereocenters. The second-order valence-corrected chi connectivity index (χ2v) is 12.3. The summed E-state index contributed by atoms with van der Waals surface area (Å²) in [4.78, 5) is 54.3. The Morgan fingerprint density at radius 3 is 1.90 bits per heavy atom. The van der Waals surface area contributed by atoms with Crippen LogP contribution in [0, 0.1) is 29.6 Å². The molecule has 236 valence electrons. The number of rotatable bonds is 19. The van der Waals surface area contributed by atoms with Gasteiger partial charge in [0.2, 0.25) is 11.8 Å². The number of hydrogen-bond acceptors (Lipinski definition) is 8. The smallest absolute Gasteiger partial charge is 0.326 e. The summed E-state index contributed by atoms with van der Waals surface area (Å²) < 4.78 is 0. The predicted molar refractivity (Wildman–Crippen MR) is 162 cm³/mol. The highest BCUT2D eigenvalue weighted by atomic mass is 16.4. The lowest BCUT2D eigenvalue weighted by Crippen LogP contribution is -2.51. The van der Waals surface area contributed by atoms with Crippen LogP contribution in [0.15, 0.2) is 12.7 Å². The van der Waals surface area contributed by atoms with E-state index in [9.17, 15) is 24.3 Å². The fourth-order valence-electron chi connectivity index (χ4n) is 5.57. The molecule has 0 aromatic rings. The Morgan fingerprint density at radius 2 is 1.39 bits per heavy atom. The molecule has 0 bridgehead atoms. The summed E-state index contributed by atoms with van der Waals surface area (Å²) in [5.74, 6) is 2.43. The third-order valence-electron chi connectivity index (χ3n) is 8.65. The number of amides is 2. The number of carbonyl (C=O) groups excluding carboxylic acids is 3. The minimum Gasteiger partial charge on any atom is -0.480 e. The highest BCUT2D eigenvalue weighted by Crippen LogP contribution is 2.21. The first-order chi connectivity index (χ1) is 19.2. The van der Waals surface area contributed by atoms with Crippen LogP contribution < -0.4 is 21.9 Å². The van der Waals surface area contributed by atoms with Crippen LogP contribution >= 0.6 is 0 Å². The third-order valence-corrected chi connectivity index (χ3v) is 8.65. The number of nitrogens with one attached hydrogen (secondary N) is 3. The van der Waals surface area contributed by atoms with Gasteiger partial charge < -0.3 is 15.7 Å². The van der Waals surface area contributed by atoms with Gasteiger partial charge in [0.05, 0.1) is 0 Å². The van der Waals surface area contributed by atoms with E-state index in [1.807, 2.05) is 13.8 Å². The van der Waals surface area contributed by atoms with Crippen molar-refractivity contribution < 1.29 is 24.3 Å². The Bertz CT molecular complexity index is 862. The van der Waals surface area contributed by atoms with E-state index in [1.54, 1.807) is 26.8 Å². The fraction of sp³-hybridized carbons (Fsp3) is 0.800. The molecule has 1 saturated heterocycles. The predicted octanol–water partition coefficient (Wildman–Crippen LogP) is 1.64. The van der Waals surface area contributed by atoms with Crippen molar-refractivity contribution >= 4 is 23.6 Å². The van der Waals surface area contributed by atoms with E-state index in [0.717, 1.165) is 45.7 Å². The van der Waals surface area contributed by atoms with E-state index in [0.29, 0.717) is 12.8 Å². The monoisotopic (exact) mass is 580 g/mol. The van der Waals surface area contributed by atoms with Gasteiger partial charge in [-0.25, -0.2) is 4.79 Å². The summed E-state index contributed by atoms with van der Waals surface area (Å²) in [5.41, 5.74) is 2.70. The van der Waals surface area contributed by atoms with Crippen LogP contribution in [-0.2, 0) is 19.2 Å². The zero-order chi connectivity index (χ0) is 31.3. The number of ketones is 1. The first-order valence-corrected chi connectivity index (χ1v) is 15.1. The summed E-state index contributed by atoms with van der Waals surface area (Å²) in [7, 11) is 0. The van der Waals surface area contributed by atoms with Gasteiger partial charge in [-0.2, -0.15) is 0 Å². The van der Waals surface area contributed by atoms with E-state index < -0.39 is 23.8 Å². The van der Waals surface area contributed by atoms with Gasteiger partial charge in [-0.05, 0) is 44.9 Å². The van der Waals surface area contributed by atoms with E-state index >= 15 is 0 Å². The van der Waals surface area contributed by atoms with Gasteiger partial charge in [-0.3, -0.25) is 35.5 Å². The third kappa shape index (κ3) is 12.6. The Morgan fingerprint density at radius 1 is 0.854 bits per heavy atom. The molecule has 1 rings (SSSR count). The molecule has 0 aromatic heterocycles. The molecule has 0 spiro atoms. The van der Waals surface area contributed by atoms with Crippen molar-refractivity contribution in [2.45, 2.75) is 85.9 Å². The Labute approximate surface area is 247 Å². The maximum absolute atomic E-state index is 13.1. The van der Waals surface area contributed by atoms with Crippen molar-refractivity contribution in [3.05, 3.63) is 12.7 Å². The largest absolute Gasteiger partial charge is 0.480 e. The summed E-state index contributed by atoms with van der Waals surface area (Å²) in [5, 5.41) is 15.5. The maximum Gasteiger partial charge on any atom is 0.326 e. The standard InChI is InChI=1S/C30H56N6O5/c1-9-26(33-28(38)23(6)18-24(7)36-14-12-35(13-15-36)11-10-32-31)20(3)17-22(5)29(39)34-27(30(40)41)21(4)16-19(2)25(8)37/h9,19-24,26-27,32H,1,10-18,31H2,2-8H3,(H,33,38)(H,34,39)(H,40,41)/t19?,20?,21?,22?,23?,24?,26-,27+/m1/s1. The van der Waals surface area contributed by atoms with Crippen molar-refractivity contribution in [1.29, 1.82) is 0 Å². The molecule has 0 saturated carbocycles. The summed E-state index contributed by atoms with van der Waals surface area (Å²) in [6.07, 6.45) is 3.26. The van der Waals surface area contributed by atoms with Gasteiger partial charge in [0.1, 0.15) is 11.8 Å². The number of Topliss-reactive ketones (excluding diaryl/α,β-unsaturated/α-hetero) is 1. The molecular formula is C30H56N6O5. The van der Waals surface area contributed by atoms with Gasteiger partial charge in [0.15, 0.2) is 0 Å². The Hall–Kier alpha value is -2.34.